The van der Waals surface area contributed by atoms with E-state index in [-0.39, 0.29) is 6.10 Å². The van der Waals surface area contributed by atoms with Gasteiger partial charge in [0.2, 0.25) is 0 Å². The van der Waals surface area contributed by atoms with Crippen LogP contribution in [0, 0.1) is 0 Å². The summed E-state index contributed by atoms with van der Waals surface area (Å²) in [6, 6.07) is 8.27. The van der Waals surface area contributed by atoms with Gasteiger partial charge in [-0.3, -0.25) is 4.68 Å². The summed E-state index contributed by atoms with van der Waals surface area (Å²) < 4.78 is 2.02. The number of hydrogen-bond acceptors (Lipinski definition) is 2. The zero-order chi connectivity index (χ0) is 11.5. The van der Waals surface area contributed by atoms with Crippen LogP contribution in [-0.4, -0.2) is 21.0 Å². The maximum Gasteiger partial charge on any atom is 0.0704 e. The summed E-state index contributed by atoms with van der Waals surface area (Å²) in [5, 5.41) is 15.1. The molecule has 3 heteroatoms. The molecule has 3 nitrogen and oxygen atoms in total. The van der Waals surface area contributed by atoms with Gasteiger partial charge in [0, 0.05) is 11.9 Å². The van der Waals surface area contributed by atoms with E-state index in [4.69, 9.17) is 0 Å². The van der Waals surface area contributed by atoms with Crippen molar-refractivity contribution >= 4 is 10.9 Å². The Hall–Kier alpha value is -1.35. The fourth-order valence-corrected chi connectivity index (χ4v) is 1.97. The van der Waals surface area contributed by atoms with E-state index in [2.05, 4.69) is 24.2 Å². The highest BCUT2D eigenvalue weighted by Gasteiger charge is 2.09. The quantitative estimate of drug-likeness (QED) is 0.855. The van der Waals surface area contributed by atoms with Crippen molar-refractivity contribution in [2.45, 2.75) is 39.3 Å². The smallest absolute Gasteiger partial charge is 0.0704 e. The third-order valence-corrected chi connectivity index (χ3v) is 2.83. The van der Waals surface area contributed by atoms with Crippen LogP contribution in [0.2, 0.25) is 0 Å². The van der Waals surface area contributed by atoms with Crippen molar-refractivity contribution in [3.63, 3.8) is 0 Å². The molecule has 1 heterocycles. The summed E-state index contributed by atoms with van der Waals surface area (Å²) in [6.07, 6.45) is 1.35. The average Bonchev–Trinajstić information content (AvgIpc) is 2.65. The van der Waals surface area contributed by atoms with Gasteiger partial charge in [-0.15, -0.1) is 0 Å². The monoisotopic (exact) mass is 218 g/mol. The number of aryl methyl sites for hydroxylation is 2. The Morgan fingerprint density at radius 2 is 2.12 bits per heavy atom. The molecule has 1 atom stereocenters. The molecule has 0 saturated carbocycles. The van der Waals surface area contributed by atoms with Crippen LogP contribution < -0.4 is 0 Å². The molecule has 86 valence electrons. The van der Waals surface area contributed by atoms with Crippen LogP contribution in [0.3, 0.4) is 0 Å². The van der Waals surface area contributed by atoms with E-state index in [1.807, 2.05) is 23.7 Å². The Labute approximate surface area is 95.7 Å². The molecule has 0 aliphatic carbocycles. The number of aliphatic hydroxyl groups is 1. The molecule has 2 aromatic rings. The summed E-state index contributed by atoms with van der Waals surface area (Å²) >= 11 is 0. The SMILES string of the molecule is CCn1nc(CCC(C)O)c2ccccc21. The van der Waals surface area contributed by atoms with Gasteiger partial charge in [0.1, 0.15) is 0 Å². The van der Waals surface area contributed by atoms with E-state index in [1.54, 1.807) is 0 Å². The third kappa shape index (κ3) is 2.09. The van der Waals surface area contributed by atoms with Gasteiger partial charge in [-0.25, -0.2) is 0 Å². The molecule has 0 aliphatic heterocycles. The van der Waals surface area contributed by atoms with E-state index >= 15 is 0 Å². The van der Waals surface area contributed by atoms with E-state index in [0.717, 1.165) is 25.1 Å². The first-order valence-corrected chi connectivity index (χ1v) is 5.85. The lowest BCUT2D eigenvalue weighted by Gasteiger charge is -2.01. The van der Waals surface area contributed by atoms with Crippen LogP contribution in [0.15, 0.2) is 24.3 Å². The van der Waals surface area contributed by atoms with Crippen molar-refractivity contribution < 1.29 is 5.11 Å². The van der Waals surface area contributed by atoms with Gasteiger partial charge in [-0.2, -0.15) is 5.10 Å². The molecular weight excluding hydrogens is 200 g/mol. The van der Waals surface area contributed by atoms with Crippen LogP contribution in [0.4, 0.5) is 0 Å². The summed E-state index contributed by atoms with van der Waals surface area (Å²) in [5.41, 5.74) is 2.28. The molecule has 1 aromatic carbocycles. The number of rotatable bonds is 4. The minimum atomic E-state index is -0.259. The lowest BCUT2D eigenvalue weighted by Crippen LogP contribution is -2.03. The van der Waals surface area contributed by atoms with Crippen molar-refractivity contribution in [3.8, 4) is 0 Å². The van der Waals surface area contributed by atoms with Crippen LogP contribution >= 0.6 is 0 Å². The first-order valence-electron chi connectivity index (χ1n) is 5.85. The van der Waals surface area contributed by atoms with Gasteiger partial charge in [-0.1, -0.05) is 18.2 Å². The highest BCUT2D eigenvalue weighted by atomic mass is 16.3. The van der Waals surface area contributed by atoms with Gasteiger partial charge in [-0.05, 0) is 32.8 Å². The van der Waals surface area contributed by atoms with E-state index in [1.165, 1.54) is 10.9 Å². The molecule has 16 heavy (non-hydrogen) atoms. The standard InChI is InChI=1S/C13H18N2O/c1-3-15-13-7-5-4-6-11(13)12(14-15)9-8-10(2)16/h4-7,10,16H,3,8-9H2,1-2H3. The van der Waals surface area contributed by atoms with Crippen LogP contribution in [0.1, 0.15) is 26.0 Å². The zero-order valence-corrected chi connectivity index (χ0v) is 9.85. The minimum Gasteiger partial charge on any atom is -0.393 e. The molecule has 1 unspecified atom stereocenters. The summed E-state index contributed by atoms with van der Waals surface area (Å²) in [5.74, 6) is 0. The Kier molecular flexibility index (Phi) is 3.25. The Bertz CT molecular complexity index is 474. The molecule has 0 fully saturated rings. The summed E-state index contributed by atoms with van der Waals surface area (Å²) in [6.45, 7) is 4.80. The van der Waals surface area contributed by atoms with Crippen molar-refractivity contribution in [3.05, 3.63) is 30.0 Å². The molecule has 0 radical (unpaired) electrons. The molecule has 0 spiro atoms. The number of para-hydroxylation sites is 1. The van der Waals surface area contributed by atoms with E-state index in [9.17, 15) is 5.11 Å². The highest BCUT2D eigenvalue weighted by Crippen LogP contribution is 2.19. The summed E-state index contributed by atoms with van der Waals surface area (Å²) in [4.78, 5) is 0. The minimum absolute atomic E-state index is 0.259. The Balaban J connectivity index is 2.37. The predicted octanol–water partition coefficient (Wildman–Crippen LogP) is 2.37. The second-order valence-electron chi connectivity index (χ2n) is 4.17. The molecule has 1 N–H and O–H groups in total. The molecular formula is C13H18N2O. The number of aliphatic hydroxyl groups excluding tert-OH is 1. The second-order valence-corrected chi connectivity index (χ2v) is 4.17. The Morgan fingerprint density at radius 1 is 1.38 bits per heavy atom. The number of nitrogens with zero attached hydrogens (tertiary/aromatic N) is 2. The fourth-order valence-electron chi connectivity index (χ4n) is 1.97. The van der Waals surface area contributed by atoms with Crippen LogP contribution in [0.5, 0.6) is 0 Å². The van der Waals surface area contributed by atoms with Gasteiger partial charge >= 0.3 is 0 Å². The lowest BCUT2D eigenvalue weighted by molar-refractivity contribution is 0.184. The number of hydrogen-bond donors (Lipinski definition) is 1. The van der Waals surface area contributed by atoms with Crippen LogP contribution in [0.25, 0.3) is 10.9 Å². The molecule has 2 rings (SSSR count). The van der Waals surface area contributed by atoms with Gasteiger partial charge in [0.15, 0.2) is 0 Å². The lowest BCUT2D eigenvalue weighted by atomic mass is 10.1. The van der Waals surface area contributed by atoms with Crippen molar-refractivity contribution in [1.29, 1.82) is 0 Å². The predicted molar refractivity (Wildman–Crippen MR) is 65.4 cm³/mol. The van der Waals surface area contributed by atoms with Gasteiger partial charge in [0.25, 0.3) is 0 Å². The first-order chi connectivity index (χ1) is 7.72. The number of aromatic nitrogens is 2. The van der Waals surface area contributed by atoms with Crippen molar-refractivity contribution in [2.75, 3.05) is 0 Å². The van der Waals surface area contributed by atoms with Gasteiger partial charge in [0.05, 0.1) is 17.3 Å². The molecule has 1 aromatic heterocycles. The van der Waals surface area contributed by atoms with Crippen molar-refractivity contribution in [1.82, 2.24) is 9.78 Å². The topological polar surface area (TPSA) is 38.0 Å². The Morgan fingerprint density at radius 3 is 2.81 bits per heavy atom. The summed E-state index contributed by atoms with van der Waals surface area (Å²) in [7, 11) is 0. The zero-order valence-electron chi connectivity index (χ0n) is 9.85. The van der Waals surface area contributed by atoms with Crippen LogP contribution in [-0.2, 0) is 13.0 Å². The molecule has 0 amide bonds. The molecule has 0 bridgehead atoms. The van der Waals surface area contributed by atoms with Crippen molar-refractivity contribution in [2.24, 2.45) is 0 Å². The van der Waals surface area contributed by atoms with Gasteiger partial charge < -0.3 is 5.11 Å². The molecule has 0 aliphatic rings. The highest BCUT2D eigenvalue weighted by molar-refractivity contribution is 5.81. The largest absolute Gasteiger partial charge is 0.393 e. The molecule has 0 saturated heterocycles. The second kappa shape index (κ2) is 4.66. The van der Waals surface area contributed by atoms with E-state index in [0.29, 0.717) is 0 Å². The number of fused-ring (bicyclic) bond motifs is 1. The van der Waals surface area contributed by atoms with E-state index < -0.39 is 0 Å². The number of benzene rings is 1. The average molecular weight is 218 g/mol. The maximum absolute atomic E-state index is 9.32. The normalized spacial score (nSPS) is 13.2. The third-order valence-electron chi connectivity index (χ3n) is 2.83. The fraction of sp³-hybridized carbons (Fsp3) is 0.462. The maximum atomic E-state index is 9.32. The first kappa shape index (κ1) is 11.1.